The molecule has 3 atom stereocenters. The van der Waals surface area contributed by atoms with Crippen molar-refractivity contribution in [1.82, 2.24) is 9.62 Å². The molecule has 0 aromatic heterocycles. The van der Waals surface area contributed by atoms with E-state index in [1.165, 1.54) is 0 Å². The van der Waals surface area contributed by atoms with Crippen LogP contribution in [-0.2, 0) is 21.4 Å². The minimum Gasteiger partial charge on any atom is -0.497 e. The number of halogens is 2. The molecule has 1 saturated carbocycles. The third-order valence-corrected chi connectivity index (χ3v) is 7.51. The zero-order chi connectivity index (χ0) is 22.6. The molecule has 2 aromatic carbocycles. The third-order valence-electron chi connectivity index (χ3n) is 5.87. The molecule has 9 heteroatoms. The number of benzene rings is 2. The second kappa shape index (κ2) is 11.2. The van der Waals surface area contributed by atoms with Crippen molar-refractivity contribution in [3.63, 3.8) is 0 Å². The van der Waals surface area contributed by atoms with Gasteiger partial charge in [0.1, 0.15) is 5.75 Å². The van der Waals surface area contributed by atoms with Crippen molar-refractivity contribution in [1.29, 1.82) is 0 Å². The van der Waals surface area contributed by atoms with Gasteiger partial charge in [-0.25, -0.2) is 13.1 Å². The summed E-state index contributed by atoms with van der Waals surface area (Å²) in [4.78, 5) is 2.03. The minimum atomic E-state index is -3.54. The van der Waals surface area contributed by atoms with E-state index >= 15 is 0 Å². The minimum absolute atomic E-state index is 0. The van der Waals surface area contributed by atoms with E-state index in [0.717, 1.165) is 5.56 Å². The van der Waals surface area contributed by atoms with Crippen LogP contribution < -0.4 is 9.46 Å². The van der Waals surface area contributed by atoms with Crippen LogP contribution in [0.15, 0.2) is 48.5 Å². The molecule has 2 aromatic rings. The molecular weight excluding hydrogens is 471 g/mol. The summed E-state index contributed by atoms with van der Waals surface area (Å²) < 4.78 is 33.7. The molecule has 1 aliphatic carbocycles. The van der Waals surface area contributed by atoms with Crippen molar-refractivity contribution >= 4 is 34.0 Å². The lowest BCUT2D eigenvalue weighted by Crippen LogP contribution is -2.50. The SMILES string of the molecule is COc1cccc(C2(O)CCC(NS(=O)(=O)Cc3cccc(Cl)c3)CC2CN(C)C)c1.Cl. The van der Waals surface area contributed by atoms with Crippen molar-refractivity contribution in [3.8, 4) is 5.75 Å². The lowest BCUT2D eigenvalue weighted by Gasteiger charge is -2.44. The smallest absolute Gasteiger partial charge is 0.216 e. The number of methoxy groups -OCH3 is 1. The van der Waals surface area contributed by atoms with Gasteiger partial charge < -0.3 is 14.7 Å². The fourth-order valence-corrected chi connectivity index (χ4v) is 6.08. The van der Waals surface area contributed by atoms with Crippen molar-refractivity contribution in [2.45, 2.75) is 36.7 Å². The molecule has 3 rings (SSSR count). The van der Waals surface area contributed by atoms with Gasteiger partial charge in [0.05, 0.1) is 18.5 Å². The first-order valence-corrected chi connectivity index (χ1v) is 12.4. The fourth-order valence-electron chi connectivity index (χ4n) is 4.44. The quantitative estimate of drug-likeness (QED) is 0.573. The topological polar surface area (TPSA) is 78.9 Å². The first-order chi connectivity index (χ1) is 14.6. The molecule has 0 bridgehead atoms. The molecule has 0 spiro atoms. The van der Waals surface area contributed by atoms with E-state index in [4.69, 9.17) is 16.3 Å². The predicted molar refractivity (Wildman–Crippen MR) is 131 cm³/mol. The Morgan fingerprint density at radius 3 is 2.59 bits per heavy atom. The van der Waals surface area contributed by atoms with Gasteiger partial charge in [-0.3, -0.25) is 0 Å². The maximum absolute atomic E-state index is 12.8. The van der Waals surface area contributed by atoms with Crippen LogP contribution in [0.3, 0.4) is 0 Å². The van der Waals surface area contributed by atoms with Crippen LogP contribution in [-0.4, -0.2) is 52.2 Å². The zero-order valence-corrected chi connectivity index (χ0v) is 21.0. The molecule has 32 heavy (non-hydrogen) atoms. The number of sulfonamides is 1. The monoisotopic (exact) mass is 502 g/mol. The molecule has 2 N–H and O–H groups in total. The highest BCUT2D eigenvalue weighted by atomic mass is 35.5. The van der Waals surface area contributed by atoms with E-state index in [1.54, 1.807) is 31.4 Å². The first kappa shape index (κ1) is 26.9. The average Bonchev–Trinajstić information content (AvgIpc) is 2.69. The Hall–Kier alpha value is -1.35. The van der Waals surface area contributed by atoms with Gasteiger partial charge in [-0.2, -0.15) is 0 Å². The Balaban J connectivity index is 0.00000363. The van der Waals surface area contributed by atoms with Crippen LogP contribution in [0.4, 0.5) is 0 Å². The molecule has 3 unspecified atom stereocenters. The summed E-state index contributed by atoms with van der Waals surface area (Å²) in [5.41, 5.74) is 0.403. The molecule has 0 aliphatic heterocycles. The van der Waals surface area contributed by atoms with Crippen molar-refractivity contribution < 1.29 is 18.3 Å². The molecule has 0 amide bonds. The highest BCUT2D eigenvalue weighted by Gasteiger charge is 2.44. The van der Waals surface area contributed by atoms with Gasteiger partial charge in [0.25, 0.3) is 0 Å². The Bertz CT molecular complexity index is 1000. The van der Waals surface area contributed by atoms with Crippen LogP contribution in [0.5, 0.6) is 5.75 Å². The van der Waals surface area contributed by atoms with E-state index in [9.17, 15) is 13.5 Å². The van der Waals surface area contributed by atoms with Crippen LogP contribution in [0, 0.1) is 5.92 Å². The van der Waals surface area contributed by atoms with Gasteiger partial charge in [0.2, 0.25) is 10.0 Å². The molecule has 6 nitrogen and oxygen atoms in total. The van der Waals surface area contributed by atoms with Gasteiger partial charge in [0.15, 0.2) is 0 Å². The lowest BCUT2D eigenvalue weighted by molar-refractivity contribution is -0.0675. The van der Waals surface area contributed by atoms with Crippen LogP contribution in [0.25, 0.3) is 0 Å². The van der Waals surface area contributed by atoms with Crippen molar-refractivity contribution in [3.05, 3.63) is 64.7 Å². The van der Waals surface area contributed by atoms with Gasteiger partial charge in [-0.15, -0.1) is 12.4 Å². The van der Waals surface area contributed by atoms with Gasteiger partial charge in [-0.05, 0) is 68.8 Å². The van der Waals surface area contributed by atoms with E-state index in [-0.39, 0.29) is 30.1 Å². The Morgan fingerprint density at radius 2 is 1.94 bits per heavy atom. The normalized spacial score (nSPS) is 23.6. The number of nitrogens with zero attached hydrogens (tertiary/aromatic N) is 1. The summed E-state index contributed by atoms with van der Waals surface area (Å²) >= 11 is 5.99. The average molecular weight is 503 g/mol. The standard InChI is InChI=1S/C23H31ClN2O4S.ClH/c1-26(2)15-19-13-21(25-31(28,29)16-17-6-4-8-20(24)12-17)10-11-23(19,27)18-7-5-9-22(14-18)30-3;/h4-9,12,14,19,21,25,27H,10-11,13,15-16H2,1-3H3;1H. The van der Waals surface area contributed by atoms with Gasteiger partial charge >= 0.3 is 0 Å². The van der Waals surface area contributed by atoms with E-state index < -0.39 is 15.6 Å². The fraction of sp³-hybridized carbons (Fsp3) is 0.478. The summed E-state index contributed by atoms with van der Waals surface area (Å²) in [6.45, 7) is 0.639. The number of ether oxygens (including phenoxy) is 1. The second-order valence-electron chi connectivity index (χ2n) is 8.59. The number of hydrogen-bond acceptors (Lipinski definition) is 5. The second-order valence-corrected chi connectivity index (χ2v) is 10.8. The van der Waals surface area contributed by atoms with Crippen molar-refractivity contribution in [2.75, 3.05) is 27.7 Å². The zero-order valence-electron chi connectivity index (χ0n) is 18.6. The Labute approximate surface area is 202 Å². The summed E-state index contributed by atoms with van der Waals surface area (Å²) in [5, 5.41) is 12.2. The van der Waals surface area contributed by atoms with E-state index in [0.29, 0.717) is 42.1 Å². The number of aliphatic hydroxyl groups is 1. The maximum atomic E-state index is 12.8. The number of nitrogens with one attached hydrogen (secondary N) is 1. The van der Waals surface area contributed by atoms with Gasteiger partial charge in [0, 0.05) is 23.5 Å². The Morgan fingerprint density at radius 1 is 1.22 bits per heavy atom. The van der Waals surface area contributed by atoms with Crippen LogP contribution >= 0.6 is 24.0 Å². The summed E-state index contributed by atoms with van der Waals surface area (Å²) in [7, 11) is 1.98. The molecule has 1 aliphatic rings. The van der Waals surface area contributed by atoms with Crippen LogP contribution in [0.2, 0.25) is 5.02 Å². The first-order valence-electron chi connectivity index (χ1n) is 10.4. The van der Waals surface area contributed by atoms with E-state index in [1.807, 2.05) is 43.3 Å². The highest BCUT2D eigenvalue weighted by Crippen LogP contribution is 2.43. The Kier molecular flexibility index (Phi) is 9.40. The molecule has 0 heterocycles. The maximum Gasteiger partial charge on any atom is 0.216 e. The van der Waals surface area contributed by atoms with E-state index in [2.05, 4.69) is 4.72 Å². The number of hydrogen-bond donors (Lipinski definition) is 2. The molecular formula is C23H32Cl2N2O4S. The van der Waals surface area contributed by atoms with Gasteiger partial charge in [-0.1, -0.05) is 35.9 Å². The number of rotatable bonds is 8. The molecule has 1 fully saturated rings. The highest BCUT2D eigenvalue weighted by molar-refractivity contribution is 7.88. The molecule has 178 valence electrons. The van der Waals surface area contributed by atoms with Crippen molar-refractivity contribution in [2.24, 2.45) is 5.92 Å². The summed E-state index contributed by atoms with van der Waals surface area (Å²) in [5.74, 6) is 0.434. The molecule has 0 saturated heterocycles. The van der Waals surface area contributed by atoms with Crippen LogP contribution in [0.1, 0.15) is 30.4 Å². The lowest BCUT2D eigenvalue weighted by atomic mass is 9.69. The summed E-state index contributed by atoms with van der Waals surface area (Å²) in [6, 6.07) is 14.1. The third kappa shape index (κ3) is 6.83. The largest absolute Gasteiger partial charge is 0.497 e. The summed E-state index contributed by atoms with van der Waals surface area (Å²) in [6.07, 6.45) is 1.55. The predicted octanol–water partition coefficient (Wildman–Crippen LogP) is 3.81. The molecule has 0 radical (unpaired) electrons.